The number of aliphatic carboxylic acids is 1. The van der Waals surface area contributed by atoms with E-state index in [0.29, 0.717) is 5.56 Å². The van der Waals surface area contributed by atoms with Crippen LogP contribution in [0.1, 0.15) is 16.8 Å². The Morgan fingerprint density at radius 1 is 0.944 bits per heavy atom. The second-order valence-electron chi connectivity index (χ2n) is 3.81. The molecule has 0 atom stereocenters. The lowest BCUT2D eigenvalue weighted by atomic mass is 10.0. The van der Waals surface area contributed by atoms with Crippen molar-refractivity contribution < 1.29 is 14.7 Å². The molecule has 0 spiro atoms. The molecule has 0 aliphatic heterocycles. The molecule has 90 valence electrons. The zero-order valence-corrected chi connectivity index (χ0v) is 9.54. The number of benzene rings is 1. The zero-order valence-electron chi connectivity index (χ0n) is 9.54. The zero-order chi connectivity index (χ0) is 13.0. The molecule has 1 aromatic carbocycles. The van der Waals surface area contributed by atoms with Gasteiger partial charge in [0.15, 0.2) is 5.78 Å². The maximum absolute atomic E-state index is 11.5. The van der Waals surface area contributed by atoms with Crippen molar-refractivity contribution in [3.63, 3.8) is 0 Å². The molecule has 0 radical (unpaired) electrons. The van der Waals surface area contributed by atoms with Gasteiger partial charge in [-0.2, -0.15) is 0 Å². The summed E-state index contributed by atoms with van der Waals surface area (Å²) in [4.78, 5) is 25.9. The Morgan fingerprint density at radius 3 is 2.06 bits per heavy atom. The maximum Gasteiger partial charge on any atom is 0.311 e. The molecule has 0 amide bonds. The van der Waals surface area contributed by atoms with Crippen LogP contribution in [-0.4, -0.2) is 21.8 Å². The van der Waals surface area contributed by atoms with Crippen molar-refractivity contribution in [1.29, 1.82) is 0 Å². The highest BCUT2D eigenvalue weighted by Gasteiger charge is 2.10. The smallest absolute Gasteiger partial charge is 0.311 e. The highest BCUT2D eigenvalue weighted by molar-refractivity contribution is 6.05. The van der Waals surface area contributed by atoms with Gasteiger partial charge in [-0.1, -0.05) is 24.3 Å². The van der Waals surface area contributed by atoms with Crippen LogP contribution in [0.15, 0.2) is 48.8 Å². The van der Waals surface area contributed by atoms with Crippen LogP contribution >= 0.6 is 0 Å². The number of aromatic nitrogens is 1. The number of carboxylic acids is 1. The quantitative estimate of drug-likeness (QED) is 0.659. The minimum atomic E-state index is -1.11. The van der Waals surface area contributed by atoms with Crippen LogP contribution in [0, 0.1) is 0 Å². The fourth-order valence-corrected chi connectivity index (χ4v) is 1.63. The molecule has 4 nitrogen and oxygen atoms in total. The number of hydrogen-bond donors (Lipinski definition) is 1. The normalized spacial score (nSPS) is 10.0. The van der Waals surface area contributed by atoms with Crippen molar-refractivity contribution in [1.82, 2.24) is 4.98 Å². The van der Waals surface area contributed by atoms with Gasteiger partial charge in [-0.05, 0) is 23.3 Å². The summed E-state index contributed by atoms with van der Waals surface area (Å²) in [5.74, 6) is -1.50. The molecule has 0 saturated carbocycles. The largest absolute Gasteiger partial charge is 0.481 e. The van der Waals surface area contributed by atoms with Crippen LogP contribution < -0.4 is 0 Å². The van der Waals surface area contributed by atoms with Crippen LogP contribution in [0.4, 0.5) is 0 Å². The molecule has 1 aromatic heterocycles. The topological polar surface area (TPSA) is 67.3 Å². The number of carbonyl (C=O) groups is 2. The Hall–Kier alpha value is -2.49. The van der Waals surface area contributed by atoms with E-state index in [-0.39, 0.29) is 5.78 Å². The van der Waals surface area contributed by atoms with Gasteiger partial charge in [0.05, 0.1) is 0 Å². The minimum absolute atomic E-state index is 0.385. The molecule has 0 fully saturated rings. The Kier molecular flexibility index (Phi) is 3.48. The fraction of sp³-hybridized carbons (Fsp3) is 0.0714. The van der Waals surface area contributed by atoms with E-state index in [0.717, 1.165) is 11.1 Å². The standard InChI is InChI=1S/C14H11NO3/c16-13(9-14(17)18)12-3-1-10(2-4-12)11-5-7-15-8-6-11/h1-8H,9H2,(H,17,18). The summed E-state index contributed by atoms with van der Waals surface area (Å²) in [7, 11) is 0. The third-order valence-corrected chi connectivity index (χ3v) is 2.53. The molecule has 1 heterocycles. The first-order chi connectivity index (χ1) is 8.66. The number of carbonyl (C=O) groups excluding carboxylic acids is 1. The molecule has 18 heavy (non-hydrogen) atoms. The van der Waals surface area contributed by atoms with Gasteiger partial charge in [-0.15, -0.1) is 0 Å². The van der Waals surface area contributed by atoms with Gasteiger partial charge in [-0.25, -0.2) is 0 Å². The molecule has 4 heteroatoms. The van der Waals surface area contributed by atoms with Gasteiger partial charge in [0.1, 0.15) is 6.42 Å². The van der Waals surface area contributed by atoms with E-state index in [1.54, 1.807) is 36.7 Å². The van der Waals surface area contributed by atoms with Gasteiger partial charge in [-0.3, -0.25) is 14.6 Å². The lowest BCUT2D eigenvalue weighted by Crippen LogP contribution is -2.06. The highest BCUT2D eigenvalue weighted by Crippen LogP contribution is 2.19. The van der Waals surface area contributed by atoms with E-state index in [1.807, 2.05) is 12.1 Å². The molecule has 0 unspecified atom stereocenters. The first kappa shape index (κ1) is 12.0. The Balaban J connectivity index is 2.20. The van der Waals surface area contributed by atoms with E-state index < -0.39 is 12.4 Å². The monoisotopic (exact) mass is 241 g/mol. The molecule has 0 aliphatic carbocycles. The molecule has 1 N–H and O–H groups in total. The van der Waals surface area contributed by atoms with E-state index in [2.05, 4.69) is 4.98 Å². The number of Topliss-reactive ketones (excluding diaryl/α,β-unsaturated/α-hetero) is 1. The number of nitrogens with zero attached hydrogens (tertiary/aromatic N) is 1. The molecule has 2 aromatic rings. The average Bonchev–Trinajstić information content (AvgIpc) is 2.39. The van der Waals surface area contributed by atoms with Crippen molar-refractivity contribution >= 4 is 11.8 Å². The van der Waals surface area contributed by atoms with Crippen molar-refractivity contribution in [2.75, 3.05) is 0 Å². The summed E-state index contributed by atoms with van der Waals surface area (Å²) in [6.07, 6.45) is 2.91. The van der Waals surface area contributed by atoms with Crippen molar-refractivity contribution in [3.8, 4) is 11.1 Å². The van der Waals surface area contributed by atoms with Gasteiger partial charge < -0.3 is 5.11 Å². The average molecular weight is 241 g/mol. The summed E-state index contributed by atoms with van der Waals surface area (Å²) < 4.78 is 0. The molecular formula is C14H11NO3. The van der Waals surface area contributed by atoms with E-state index >= 15 is 0 Å². The molecule has 0 bridgehead atoms. The minimum Gasteiger partial charge on any atom is -0.481 e. The summed E-state index contributed by atoms with van der Waals surface area (Å²) in [6.45, 7) is 0. The fourth-order valence-electron chi connectivity index (χ4n) is 1.63. The van der Waals surface area contributed by atoms with Crippen molar-refractivity contribution in [2.45, 2.75) is 6.42 Å². The lowest BCUT2D eigenvalue weighted by Gasteiger charge is -2.02. The van der Waals surface area contributed by atoms with Crippen LogP contribution in [0.5, 0.6) is 0 Å². The van der Waals surface area contributed by atoms with Gasteiger partial charge >= 0.3 is 5.97 Å². The lowest BCUT2D eigenvalue weighted by molar-refractivity contribution is -0.135. The van der Waals surface area contributed by atoms with Gasteiger partial charge in [0.25, 0.3) is 0 Å². The van der Waals surface area contributed by atoms with Gasteiger partial charge in [0.2, 0.25) is 0 Å². The van der Waals surface area contributed by atoms with Crippen molar-refractivity contribution in [3.05, 3.63) is 54.4 Å². The van der Waals surface area contributed by atoms with Crippen molar-refractivity contribution in [2.24, 2.45) is 0 Å². The predicted octanol–water partition coefficient (Wildman–Crippen LogP) is 2.41. The summed E-state index contributed by atoms with van der Waals surface area (Å²) in [5.41, 5.74) is 2.38. The first-order valence-electron chi connectivity index (χ1n) is 5.42. The van der Waals surface area contributed by atoms with E-state index in [1.165, 1.54) is 0 Å². The number of ketones is 1. The number of hydrogen-bond acceptors (Lipinski definition) is 3. The molecule has 0 aliphatic rings. The van der Waals surface area contributed by atoms with Crippen LogP contribution in [0.3, 0.4) is 0 Å². The van der Waals surface area contributed by atoms with E-state index in [9.17, 15) is 9.59 Å². The Morgan fingerprint density at radius 2 is 1.50 bits per heavy atom. The maximum atomic E-state index is 11.5. The van der Waals surface area contributed by atoms with Crippen LogP contribution in [-0.2, 0) is 4.79 Å². The third-order valence-electron chi connectivity index (χ3n) is 2.53. The number of pyridine rings is 1. The third kappa shape index (κ3) is 2.79. The number of rotatable bonds is 4. The van der Waals surface area contributed by atoms with Crippen LogP contribution in [0.25, 0.3) is 11.1 Å². The molecule has 2 rings (SSSR count). The van der Waals surface area contributed by atoms with Gasteiger partial charge in [0, 0.05) is 18.0 Å². The molecule has 0 saturated heterocycles. The number of carboxylic acid groups (broad SMARTS) is 1. The highest BCUT2D eigenvalue weighted by atomic mass is 16.4. The summed E-state index contributed by atoms with van der Waals surface area (Å²) in [5, 5.41) is 8.55. The SMILES string of the molecule is O=C(O)CC(=O)c1ccc(-c2ccncc2)cc1. The Bertz CT molecular complexity index is 561. The summed E-state index contributed by atoms with van der Waals surface area (Å²) >= 11 is 0. The molecular weight excluding hydrogens is 230 g/mol. The summed E-state index contributed by atoms with van der Waals surface area (Å²) in [6, 6.07) is 10.6. The van der Waals surface area contributed by atoms with Crippen LogP contribution in [0.2, 0.25) is 0 Å². The predicted molar refractivity (Wildman–Crippen MR) is 66.3 cm³/mol. The Labute approximate surface area is 104 Å². The van der Waals surface area contributed by atoms with E-state index in [4.69, 9.17) is 5.11 Å². The second kappa shape index (κ2) is 5.23. The first-order valence-corrected chi connectivity index (χ1v) is 5.42. The second-order valence-corrected chi connectivity index (χ2v) is 3.81.